The summed E-state index contributed by atoms with van der Waals surface area (Å²) in [6, 6.07) is 3.60. The van der Waals surface area contributed by atoms with Crippen LogP contribution in [0.4, 0.5) is 4.79 Å². The number of nitrogens with one attached hydrogen (secondary N) is 2. The molecule has 6 nitrogen and oxygen atoms in total. The van der Waals surface area contributed by atoms with Crippen LogP contribution in [0.15, 0.2) is 24.5 Å². The van der Waals surface area contributed by atoms with Crippen LogP contribution in [-0.4, -0.2) is 35.0 Å². The molecule has 0 bridgehead atoms. The van der Waals surface area contributed by atoms with Gasteiger partial charge < -0.3 is 11.1 Å². The van der Waals surface area contributed by atoms with Gasteiger partial charge in [-0.1, -0.05) is 25.8 Å². The molecule has 21 heavy (non-hydrogen) atoms. The van der Waals surface area contributed by atoms with E-state index in [1.165, 1.54) is 4.90 Å². The number of rotatable bonds is 8. The predicted octanol–water partition coefficient (Wildman–Crippen LogP) is 2.11. The molecule has 0 aliphatic rings. The van der Waals surface area contributed by atoms with Crippen LogP contribution in [0.5, 0.6) is 0 Å². The van der Waals surface area contributed by atoms with Crippen molar-refractivity contribution in [2.24, 2.45) is 5.73 Å². The lowest BCUT2D eigenvalue weighted by molar-refractivity contribution is 0.219. The number of nitrogens with two attached hydrogens (primary N) is 1. The van der Waals surface area contributed by atoms with Crippen LogP contribution in [0.3, 0.4) is 0 Å². The smallest absolute Gasteiger partial charge is 0.324 e. The van der Waals surface area contributed by atoms with Gasteiger partial charge in [0.05, 0.1) is 0 Å². The Hall–Kier alpha value is -2.11. The monoisotopic (exact) mass is 291 g/mol. The molecule has 1 heterocycles. The number of hydrogen-bond acceptors (Lipinski definition) is 3. The number of unbranched alkanes of at least 4 members (excludes halogenated alkanes) is 2. The Morgan fingerprint density at radius 3 is 2.86 bits per heavy atom. The third-order valence-corrected chi connectivity index (χ3v) is 3.16. The van der Waals surface area contributed by atoms with Crippen molar-refractivity contribution in [3.63, 3.8) is 0 Å². The third kappa shape index (κ3) is 6.74. The molecule has 1 rings (SSSR count). The Balaban J connectivity index is 2.35. The van der Waals surface area contributed by atoms with E-state index in [1.54, 1.807) is 6.20 Å². The predicted molar refractivity (Wildman–Crippen MR) is 84.1 cm³/mol. The Morgan fingerprint density at radius 1 is 1.43 bits per heavy atom. The summed E-state index contributed by atoms with van der Waals surface area (Å²) in [7, 11) is 0. The average Bonchev–Trinajstić information content (AvgIpc) is 2.48. The third-order valence-electron chi connectivity index (χ3n) is 3.16. The Bertz CT molecular complexity index is 435. The van der Waals surface area contributed by atoms with Crippen molar-refractivity contribution in [1.82, 2.24) is 15.2 Å². The molecule has 0 spiro atoms. The Kier molecular flexibility index (Phi) is 7.86. The minimum atomic E-state index is -0.287. The lowest BCUT2D eigenvalue weighted by atomic mass is 10.1. The average molecular weight is 291 g/mol. The molecule has 0 atom stereocenters. The van der Waals surface area contributed by atoms with E-state index in [2.05, 4.69) is 17.2 Å². The standard InChI is InChI=1S/C15H25N5O/c1-2-3-4-10-19-15(21)20(14(16)17)11-6-8-13-7-5-9-18-12-13/h5,7,9,12H,2-4,6,8,10-11H2,1H3,(H3,16,17)(H,19,21). The largest absolute Gasteiger partial charge is 0.370 e. The first kappa shape index (κ1) is 16.9. The quantitative estimate of drug-likeness (QED) is 0.389. The maximum absolute atomic E-state index is 12.0. The van der Waals surface area contributed by atoms with Crippen LogP contribution >= 0.6 is 0 Å². The van der Waals surface area contributed by atoms with Crippen LogP contribution in [0.25, 0.3) is 0 Å². The summed E-state index contributed by atoms with van der Waals surface area (Å²) in [6.45, 7) is 3.17. The van der Waals surface area contributed by atoms with Gasteiger partial charge in [0, 0.05) is 25.5 Å². The van der Waals surface area contributed by atoms with Gasteiger partial charge in [-0.05, 0) is 30.9 Å². The number of nitrogens with zero attached hydrogens (tertiary/aromatic N) is 2. The highest BCUT2D eigenvalue weighted by molar-refractivity contribution is 5.93. The SMILES string of the molecule is CCCCCNC(=O)N(CCCc1cccnc1)C(=N)N. The summed E-state index contributed by atoms with van der Waals surface area (Å²) < 4.78 is 0. The number of aryl methyl sites for hydroxylation is 1. The zero-order valence-corrected chi connectivity index (χ0v) is 12.6. The van der Waals surface area contributed by atoms with Gasteiger partial charge in [-0.15, -0.1) is 0 Å². The van der Waals surface area contributed by atoms with Crippen molar-refractivity contribution in [1.29, 1.82) is 5.41 Å². The lowest BCUT2D eigenvalue weighted by Gasteiger charge is -2.21. The van der Waals surface area contributed by atoms with Crippen molar-refractivity contribution in [3.05, 3.63) is 30.1 Å². The van der Waals surface area contributed by atoms with E-state index >= 15 is 0 Å². The van der Waals surface area contributed by atoms with E-state index in [1.807, 2.05) is 18.3 Å². The van der Waals surface area contributed by atoms with Crippen LogP contribution in [-0.2, 0) is 6.42 Å². The van der Waals surface area contributed by atoms with Gasteiger partial charge in [-0.2, -0.15) is 0 Å². The minimum absolute atomic E-state index is 0.214. The van der Waals surface area contributed by atoms with Gasteiger partial charge in [-0.25, -0.2) is 4.79 Å². The molecular weight excluding hydrogens is 266 g/mol. The molecule has 4 N–H and O–H groups in total. The summed E-state index contributed by atoms with van der Waals surface area (Å²) in [5.74, 6) is -0.214. The van der Waals surface area contributed by atoms with Gasteiger partial charge in [0.1, 0.15) is 0 Å². The molecule has 116 valence electrons. The molecular formula is C15H25N5O. The van der Waals surface area contributed by atoms with E-state index < -0.39 is 0 Å². The van der Waals surface area contributed by atoms with E-state index in [4.69, 9.17) is 11.1 Å². The second kappa shape index (κ2) is 9.74. The van der Waals surface area contributed by atoms with Crippen molar-refractivity contribution >= 4 is 12.0 Å². The van der Waals surface area contributed by atoms with Gasteiger partial charge in [-0.3, -0.25) is 15.3 Å². The highest BCUT2D eigenvalue weighted by atomic mass is 16.2. The van der Waals surface area contributed by atoms with Crippen LogP contribution in [0, 0.1) is 5.41 Å². The van der Waals surface area contributed by atoms with Crippen molar-refractivity contribution in [3.8, 4) is 0 Å². The van der Waals surface area contributed by atoms with Crippen molar-refractivity contribution in [2.75, 3.05) is 13.1 Å². The van der Waals surface area contributed by atoms with E-state index in [9.17, 15) is 4.79 Å². The molecule has 0 aliphatic carbocycles. The van der Waals surface area contributed by atoms with Crippen LogP contribution in [0.2, 0.25) is 0 Å². The molecule has 1 aromatic rings. The number of urea groups is 1. The zero-order chi connectivity index (χ0) is 15.5. The van der Waals surface area contributed by atoms with Crippen LogP contribution in [0.1, 0.15) is 38.2 Å². The highest BCUT2D eigenvalue weighted by Gasteiger charge is 2.15. The Morgan fingerprint density at radius 2 is 2.24 bits per heavy atom. The molecule has 0 aromatic carbocycles. The summed E-state index contributed by atoms with van der Waals surface area (Å²) >= 11 is 0. The highest BCUT2D eigenvalue weighted by Crippen LogP contribution is 2.02. The van der Waals surface area contributed by atoms with Gasteiger partial charge in [0.2, 0.25) is 0 Å². The van der Waals surface area contributed by atoms with E-state index in [0.717, 1.165) is 37.7 Å². The first-order valence-electron chi connectivity index (χ1n) is 7.43. The fourth-order valence-corrected chi connectivity index (χ4v) is 1.98. The van der Waals surface area contributed by atoms with E-state index in [0.29, 0.717) is 13.1 Å². The molecule has 0 unspecified atom stereocenters. The number of pyridine rings is 1. The molecule has 1 aromatic heterocycles. The van der Waals surface area contributed by atoms with Gasteiger partial charge >= 0.3 is 6.03 Å². The fraction of sp³-hybridized carbons (Fsp3) is 0.533. The number of carbonyl (C=O) groups is 1. The molecule has 0 fully saturated rings. The van der Waals surface area contributed by atoms with Gasteiger partial charge in [0.25, 0.3) is 0 Å². The summed E-state index contributed by atoms with van der Waals surface area (Å²) in [4.78, 5) is 17.3. The van der Waals surface area contributed by atoms with E-state index in [-0.39, 0.29) is 12.0 Å². The van der Waals surface area contributed by atoms with Crippen molar-refractivity contribution in [2.45, 2.75) is 39.0 Å². The van der Waals surface area contributed by atoms with Crippen molar-refractivity contribution < 1.29 is 4.79 Å². The first-order valence-corrected chi connectivity index (χ1v) is 7.43. The first-order chi connectivity index (χ1) is 10.1. The Labute approximate surface area is 126 Å². The maximum atomic E-state index is 12.0. The topological polar surface area (TPSA) is 95.1 Å². The second-order valence-corrected chi connectivity index (χ2v) is 4.94. The number of hydrogen-bond donors (Lipinski definition) is 3. The normalized spacial score (nSPS) is 10.1. The molecule has 0 radical (unpaired) electrons. The zero-order valence-electron chi connectivity index (χ0n) is 12.6. The summed E-state index contributed by atoms with van der Waals surface area (Å²) in [5, 5.41) is 10.3. The van der Waals surface area contributed by atoms with Crippen LogP contribution < -0.4 is 11.1 Å². The summed E-state index contributed by atoms with van der Waals surface area (Å²) in [5.41, 5.74) is 6.60. The number of amides is 2. The molecule has 0 aliphatic heterocycles. The second-order valence-electron chi connectivity index (χ2n) is 4.94. The number of aromatic nitrogens is 1. The minimum Gasteiger partial charge on any atom is -0.370 e. The molecule has 0 saturated carbocycles. The molecule has 0 saturated heterocycles. The number of carbonyl (C=O) groups excluding carboxylic acids is 1. The number of guanidine groups is 1. The molecule has 6 heteroatoms. The fourth-order valence-electron chi connectivity index (χ4n) is 1.98. The molecule has 2 amide bonds. The summed E-state index contributed by atoms with van der Waals surface area (Å²) in [6.07, 6.45) is 8.23. The lowest BCUT2D eigenvalue weighted by Crippen LogP contribution is -2.47. The maximum Gasteiger partial charge on any atom is 0.324 e. The van der Waals surface area contributed by atoms with Gasteiger partial charge in [0.15, 0.2) is 5.96 Å².